The molecule has 26 heavy (non-hydrogen) atoms. The number of likely N-dealkylation sites (tertiary alicyclic amines) is 1. The van der Waals surface area contributed by atoms with Crippen LogP contribution in [-0.2, 0) is 11.8 Å². The molecule has 3 fully saturated rings. The van der Waals surface area contributed by atoms with E-state index in [0.717, 1.165) is 37.4 Å². The van der Waals surface area contributed by atoms with E-state index in [4.69, 9.17) is 4.74 Å². The van der Waals surface area contributed by atoms with Gasteiger partial charge >= 0.3 is 0 Å². The second kappa shape index (κ2) is 4.94. The van der Waals surface area contributed by atoms with E-state index in [2.05, 4.69) is 4.90 Å². The highest BCUT2D eigenvalue weighted by Gasteiger charge is 2.72. The van der Waals surface area contributed by atoms with Crippen LogP contribution in [0.15, 0.2) is 12.1 Å². The predicted molar refractivity (Wildman–Crippen MR) is 95.4 cm³/mol. The fourth-order valence-corrected chi connectivity index (χ4v) is 6.83. The fourth-order valence-electron chi connectivity index (χ4n) is 6.83. The van der Waals surface area contributed by atoms with Gasteiger partial charge in [0.1, 0.15) is 6.10 Å². The number of rotatable bonds is 2. The molecule has 3 N–H and O–H groups in total. The molecule has 5 aliphatic rings. The Hall–Kier alpha value is -1.30. The van der Waals surface area contributed by atoms with Gasteiger partial charge in [0.15, 0.2) is 11.5 Å². The number of aliphatic hydroxyl groups is 2. The minimum absolute atomic E-state index is 0.0819. The van der Waals surface area contributed by atoms with Gasteiger partial charge in [0, 0.05) is 18.2 Å². The van der Waals surface area contributed by atoms with E-state index in [1.807, 2.05) is 6.07 Å². The van der Waals surface area contributed by atoms with Crippen LogP contribution in [-0.4, -0.2) is 57.2 Å². The first-order valence-electron chi connectivity index (χ1n) is 10.2. The Morgan fingerprint density at radius 1 is 1.19 bits per heavy atom. The molecule has 1 aromatic rings. The molecule has 1 saturated heterocycles. The first kappa shape index (κ1) is 15.7. The van der Waals surface area contributed by atoms with Crippen LogP contribution in [0.1, 0.15) is 49.7 Å². The summed E-state index contributed by atoms with van der Waals surface area (Å²) in [6.45, 7) is 2.02. The molecule has 6 rings (SSSR count). The molecule has 0 aromatic heterocycles. The maximum atomic E-state index is 12.1. The van der Waals surface area contributed by atoms with Gasteiger partial charge in [-0.25, -0.2) is 0 Å². The number of hydrogen-bond acceptors (Lipinski definition) is 5. The van der Waals surface area contributed by atoms with Crippen LogP contribution < -0.4 is 4.74 Å². The number of aliphatic hydroxyl groups excluding tert-OH is 1. The van der Waals surface area contributed by atoms with Crippen LogP contribution in [0.5, 0.6) is 11.5 Å². The molecule has 1 aromatic carbocycles. The molecule has 5 heteroatoms. The van der Waals surface area contributed by atoms with Crippen molar-refractivity contribution in [2.24, 2.45) is 5.92 Å². The molecule has 2 bridgehead atoms. The van der Waals surface area contributed by atoms with Gasteiger partial charge in [-0.1, -0.05) is 12.5 Å². The summed E-state index contributed by atoms with van der Waals surface area (Å²) < 4.78 is 6.16. The smallest absolute Gasteiger partial charge is 0.165 e. The van der Waals surface area contributed by atoms with Crippen molar-refractivity contribution in [2.45, 2.75) is 74.2 Å². The minimum atomic E-state index is -0.884. The Kier molecular flexibility index (Phi) is 2.99. The molecule has 1 spiro atoms. The summed E-state index contributed by atoms with van der Waals surface area (Å²) in [6, 6.07) is 3.80. The van der Waals surface area contributed by atoms with Gasteiger partial charge in [0.2, 0.25) is 0 Å². The van der Waals surface area contributed by atoms with Crippen molar-refractivity contribution in [1.82, 2.24) is 4.90 Å². The third-order valence-electron chi connectivity index (χ3n) is 8.26. The molecule has 0 amide bonds. The summed E-state index contributed by atoms with van der Waals surface area (Å²) in [5, 5.41) is 33.2. The van der Waals surface area contributed by atoms with E-state index in [0.29, 0.717) is 18.6 Å². The van der Waals surface area contributed by atoms with Crippen molar-refractivity contribution < 1.29 is 20.1 Å². The summed E-state index contributed by atoms with van der Waals surface area (Å²) in [5.41, 5.74) is 0.712. The summed E-state index contributed by atoms with van der Waals surface area (Å²) in [6.07, 6.45) is 5.68. The van der Waals surface area contributed by atoms with Crippen molar-refractivity contribution in [3.8, 4) is 11.5 Å². The highest BCUT2D eigenvalue weighted by atomic mass is 16.5. The number of phenols is 1. The van der Waals surface area contributed by atoms with Gasteiger partial charge in [0.25, 0.3) is 0 Å². The molecular weight excluding hydrogens is 330 g/mol. The van der Waals surface area contributed by atoms with Crippen LogP contribution in [0.4, 0.5) is 0 Å². The largest absolute Gasteiger partial charge is 0.504 e. The Labute approximate surface area is 153 Å². The van der Waals surface area contributed by atoms with E-state index in [-0.39, 0.29) is 11.8 Å². The lowest BCUT2D eigenvalue weighted by Crippen LogP contribution is -2.77. The number of phenolic OH excluding ortho intramolecular Hbond substituents is 1. The maximum absolute atomic E-state index is 12.1. The summed E-state index contributed by atoms with van der Waals surface area (Å²) >= 11 is 0. The lowest BCUT2D eigenvalue weighted by Gasteiger charge is -2.64. The lowest BCUT2D eigenvalue weighted by atomic mass is 9.48. The van der Waals surface area contributed by atoms with Gasteiger partial charge in [-0.05, 0) is 62.6 Å². The zero-order chi connectivity index (χ0) is 17.7. The van der Waals surface area contributed by atoms with Crippen molar-refractivity contribution in [3.63, 3.8) is 0 Å². The summed E-state index contributed by atoms with van der Waals surface area (Å²) in [4.78, 5) is 2.53. The fraction of sp³-hybridized carbons (Fsp3) is 0.714. The lowest BCUT2D eigenvalue weighted by molar-refractivity contribution is -0.209. The minimum Gasteiger partial charge on any atom is -0.504 e. The zero-order valence-corrected chi connectivity index (χ0v) is 15.0. The standard InChI is InChI=1S/C21H27NO4/c23-14-5-4-13-10-16-21(25)7-6-15(24)19-20(21,17(13)18(14)26-19)8-9-22(16)11-12-2-1-3-12/h4-5,12,15-16,19,23-25H,1-3,6-11H2/t15-,16?,19-,20?,21+/m0/s1. The average molecular weight is 357 g/mol. The number of piperidine rings is 1. The van der Waals surface area contributed by atoms with E-state index in [9.17, 15) is 15.3 Å². The molecule has 2 saturated carbocycles. The molecule has 2 aliphatic heterocycles. The van der Waals surface area contributed by atoms with Gasteiger partial charge in [0.05, 0.1) is 17.1 Å². The van der Waals surface area contributed by atoms with Crippen LogP contribution >= 0.6 is 0 Å². The Morgan fingerprint density at radius 3 is 2.81 bits per heavy atom. The number of nitrogens with zero attached hydrogens (tertiary/aromatic N) is 1. The topological polar surface area (TPSA) is 73.2 Å². The Balaban J connectivity index is 1.52. The van der Waals surface area contributed by atoms with Crippen LogP contribution in [0.25, 0.3) is 0 Å². The monoisotopic (exact) mass is 357 g/mol. The van der Waals surface area contributed by atoms with Crippen LogP contribution in [0.3, 0.4) is 0 Å². The van der Waals surface area contributed by atoms with Gasteiger partial charge in [-0.3, -0.25) is 4.90 Å². The van der Waals surface area contributed by atoms with E-state index in [1.54, 1.807) is 6.07 Å². The molecule has 3 aliphatic carbocycles. The van der Waals surface area contributed by atoms with Gasteiger partial charge in [-0.15, -0.1) is 0 Å². The molecule has 2 unspecified atom stereocenters. The summed E-state index contributed by atoms with van der Waals surface area (Å²) in [7, 11) is 0. The first-order chi connectivity index (χ1) is 12.5. The number of hydrogen-bond donors (Lipinski definition) is 3. The van der Waals surface area contributed by atoms with Crippen LogP contribution in [0.2, 0.25) is 0 Å². The third-order valence-corrected chi connectivity index (χ3v) is 8.26. The second-order valence-electron chi connectivity index (χ2n) is 9.25. The van der Waals surface area contributed by atoms with Crippen LogP contribution in [0, 0.1) is 5.92 Å². The second-order valence-corrected chi connectivity index (χ2v) is 9.25. The normalized spacial score (nSPS) is 43.5. The van der Waals surface area contributed by atoms with E-state index in [1.165, 1.54) is 24.8 Å². The van der Waals surface area contributed by atoms with E-state index >= 15 is 0 Å². The SMILES string of the molecule is Oc1ccc2c3c1O[C@H]1[C@@H](O)CC[C@@]4(O)C(C2)N(CC2CCC2)CCC314. The highest BCUT2D eigenvalue weighted by Crippen LogP contribution is 2.65. The molecule has 5 atom stereocenters. The van der Waals surface area contributed by atoms with Crippen molar-refractivity contribution in [1.29, 1.82) is 0 Å². The maximum Gasteiger partial charge on any atom is 0.165 e. The Bertz CT molecular complexity index is 778. The molecule has 2 heterocycles. The third kappa shape index (κ3) is 1.64. The number of ether oxygens (including phenoxy) is 1. The van der Waals surface area contributed by atoms with Gasteiger partial charge in [-0.2, -0.15) is 0 Å². The highest BCUT2D eigenvalue weighted by molar-refractivity contribution is 5.62. The quantitative estimate of drug-likeness (QED) is 0.751. The number of benzene rings is 1. The van der Waals surface area contributed by atoms with E-state index < -0.39 is 23.2 Å². The van der Waals surface area contributed by atoms with Crippen molar-refractivity contribution in [2.75, 3.05) is 13.1 Å². The van der Waals surface area contributed by atoms with Gasteiger partial charge < -0.3 is 20.1 Å². The van der Waals surface area contributed by atoms with Crippen molar-refractivity contribution >= 4 is 0 Å². The first-order valence-corrected chi connectivity index (χ1v) is 10.2. The predicted octanol–water partition coefficient (Wildman–Crippen LogP) is 1.71. The average Bonchev–Trinajstić information content (AvgIpc) is 2.93. The summed E-state index contributed by atoms with van der Waals surface area (Å²) in [5.74, 6) is 1.42. The van der Waals surface area contributed by atoms with Crippen molar-refractivity contribution in [3.05, 3.63) is 23.3 Å². The Morgan fingerprint density at radius 2 is 2.04 bits per heavy atom. The molecular formula is C21H27NO4. The molecule has 5 nitrogen and oxygen atoms in total. The zero-order valence-electron chi connectivity index (χ0n) is 15.0. The molecule has 0 radical (unpaired) electrons. The number of aromatic hydroxyl groups is 1. The molecule has 140 valence electrons.